The van der Waals surface area contributed by atoms with Crippen LogP contribution < -0.4 is 5.32 Å². The highest BCUT2D eigenvalue weighted by atomic mass is 15.3. The van der Waals surface area contributed by atoms with Crippen LogP contribution in [0.25, 0.3) is 0 Å². The van der Waals surface area contributed by atoms with Crippen molar-refractivity contribution in [1.82, 2.24) is 14.7 Å². The van der Waals surface area contributed by atoms with Gasteiger partial charge in [0.05, 0.1) is 18.4 Å². The fourth-order valence-electron chi connectivity index (χ4n) is 2.90. The van der Waals surface area contributed by atoms with Crippen molar-refractivity contribution >= 4 is 5.69 Å². The van der Waals surface area contributed by atoms with E-state index in [9.17, 15) is 0 Å². The zero-order valence-corrected chi connectivity index (χ0v) is 13.5. The van der Waals surface area contributed by atoms with E-state index in [1.807, 2.05) is 6.20 Å². The predicted octanol–water partition coefficient (Wildman–Crippen LogP) is 3.07. The smallest absolute Gasteiger partial charge is 0.0728 e. The van der Waals surface area contributed by atoms with Crippen LogP contribution in [0, 0.1) is 11.8 Å². The van der Waals surface area contributed by atoms with Crippen molar-refractivity contribution in [2.45, 2.75) is 53.1 Å². The Morgan fingerprint density at radius 2 is 2.05 bits per heavy atom. The monoisotopic (exact) mass is 278 g/mol. The minimum Gasteiger partial charge on any atom is -0.380 e. The van der Waals surface area contributed by atoms with Gasteiger partial charge >= 0.3 is 0 Å². The molecule has 0 spiro atoms. The Morgan fingerprint density at radius 3 is 2.65 bits per heavy atom. The average molecular weight is 278 g/mol. The summed E-state index contributed by atoms with van der Waals surface area (Å²) in [6, 6.07) is 0.655. The summed E-state index contributed by atoms with van der Waals surface area (Å²) in [5.74, 6) is 1.73. The van der Waals surface area contributed by atoms with Crippen molar-refractivity contribution in [1.29, 1.82) is 0 Å². The summed E-state index contributed by atoms with van der Waals surface area (Å²) >= 11 is 0. The molecule has 4 heteroatoms. The molecule has 1 aliphatic carbocycles. The number of aromatic nitrogens is 2. The van der Waals surface area contributed by atoms with Crippen LogP contribution >= 0.6 is 0 Å². The molecule has 1 fully saturated rings. The van der Waals surface area contributed by atoms with Crippen LogP contribution in [0.3, 0.4) is 0 Å². The Kier molecular flexibility index (Phi) is 5.46. The molecule has 1 aromatic heterocycles. The molecular weight excluding hydrogens is 248 g/mol. The molecule has 0 saturated heterocycles. The van der Waals surface area contributed by atoms with Crippen molar-refractivity contribution in [2.75, 3.05) is 25.0 Å². The SMILES string of the molecule is CCN(CC)CCn1cc(NC2CC(C(C)C)C2)cn1. The Bertz CT molecular complexity index is 389. The number of rotatable bonds is 8. The highest BCUT2D eigenvalue weighted by molar-refractivity contribution is 5.40. The van der Waals surface area contributed by atoms with Gasteiger partial charge in [-0.05, 0) is 37.8 Å². The zero-order chi connectivity index (χ0) is 14.5. The van der Waals surface area contributed by atoms with Gasteiger partial charge in [-0.15, -0.1) is 0 Å². The van der Waals surface area contributed by atoms with Gasteiger partial charge < -0.3 is 10.2 Å². The van der Waals surface area contributed by atoms with Crippen molar-refractivity contribution in [3.63, 3.8) is 0 Å². The third-order valence-corrected chi connectivity index (χ3v) is 4.66. The lowest BCUT2D eigenvalue weighted by molar-refractivity contribution is 0.212. The lowest BCUT2D eigenvalue weighted by Crippen LogP contribution is -2.37. The lowest BCUT2D eigenvalue weighted by Gasteiger charge is -2.38. The average Bonchev–Trinajstić information content (AvgIpc) is 2.82. The van der Waals surface area contributed by atoms with Crippen molar-refractivity contribution in [3.05, 3.63) is 12.4 Å². The van der Waals surface area contributed by atoms with Gasteiger partial charge in [0.1, 0.15) is 0 Å². The summed E-state index contributed by atoms with van der Waals surface area (Å²) in [7, 11) is 0. The molecule has 0 bridgehead atoms. The Morgan fingerprint density at radius 1 is 1.35 bits per heavy atom. The van der Waals surface area contributed by atoms with Gasteiger partial charge in [0, 0.05) is 18.8 Å². The second-order valence-corrected chi connectivity index (χ2v) is 6.34. The Balaban J connectivity index is 1.73. The minimum atomic E-state index is 0.655. The van der Waals surface area contributed by atoms with Crippen LogP contribution in [0.5, 0.6) is 0 Å². The predicted molar refractivity (Wildman–Crippen MR) is 85.0 cm³/mol. The summed E-state index contributed by atoms with van der Waals surface area (Å²) < 4.78 is 2.05. The fraction of sp³-hybridized carbons (Fsp3) is 0.812. The molecule has 114 valence electrons. The van der Waals surface area contributed by atoms with Gasteiger partial charge in [-0.1, -0.05) is 27.7 Å². The summed E-state index contributed by atoms with van der Waals surface area (Å²) in [5.41, 5.74) is 1.18. The number of anilines is 1. The summed E-state index contributed by atoms with van der Waals surface area (Å²) in [4.78, 5) is 2.42. The van der Waals surface area contributed by atoms with Crippen LogP contribution in [0.15, 0.2) is 12.4 Å². The second kappa shape index (κ2) is 7.11. The molecule has 1 saturated carbocycles. The molecule has 0 aromatic carbocycles. The first-order chi connectivity index (χ1) is 9.62. The third-order valence-electron chi connectivity index (χ3n) is 4.66. The van der Waals surface area contributed by atoms with E-state index < -0.39 is 0 Å². The number of nitrogens with zero attached hydrogens (tertiary/aromatic N) is 3. The van der Waals surface area contributed by atoms with E-state index in [0.29, 0.717) is 6.04 Å². The lowest BCUT2D eigenvalue weighted by atomic mass is 9.73. The maximum absolute atomic E-state index is 4.45. The standard InChI is InChI=1S/C16H30N4/c1-5-19(6-2)7-8-20-12-16(11-17-20)18-15-9-14(10-15)13(3)4/h11-15,18H,5-10H2,1-4H3. The van der Waals surface area contributed by atoms with Crippen LogP contribution in [0.2, 0.25) is 0 Å². The maximum atomic E-state index is 4.45. The van der Waals surface area contributed by atoms with Gasteiger partial charge in [-0.2, -0.15) is 5.10 Å². The van der Waals surface area contributed by atoms with Crippen LogP contribution in [-0.4, -0.2) is 40.4 Å². The highest BCUT2D eigenvalue weighted by Crippen LogP contribution is 2.35. The van der Waals surface area contributed by atoms with Crippen molar-refractivity contribution < 1.29 is 0 Å². The number of likely N-dealkylation sites (N-methyl/N-ethyl adjacent to an activating group) is 1. The number of hydrogen-bond acceptors (Lipinski definition) is 3. The topological polar surface area (TPSA) is 33.1 Å². The number of nitrogens with one attached hydrogen (secondary N) is 1. The molecule has 1 aliphatic rings. The van der Waals surface area contributed by atoms with E-state index >= 15 is 0 Å². The maximum Gasteiger partial charge on any atom is 0.0728 e. The molecule has 2 rings (SSSR count). The second-order valence-electron chi connectivity index (χ2n) is 6.34. The van der Waals surface area contributed by atoms with E-state index in [0.717, 1.165) is 38.0 Å². The van der Waals surface area contributed by atoms with Crippen LogP contribution in [0.4, 0.5) is 5.69 Å². The third kappa shape index (κ3) is 3.98. The first-order valence-corrected chi connectivity index (χ1v) is 8.13. The van der Waals surface area contributed by atoms with Crippen LogP contribution in [-0.2, 0) is 6.54 Å². The quantitative estimate of drug-likeness (QED) is 0.793. The molecule has 20 heavy (non-hydrogen) atoms. The van der Waals surface area contributed by atoms with E-state index in [2.05, 4.69) is 53.9 Å². The summed E-state index contributed by atoms with van der Waals surface area (Å²) in [5, 5.41) is 8.05. The fourth-order valence-corrected chi connectivity index (χ4v) is 2.90. The van der Waals surface area contributed by atoms with Crippen molar-refractivity contribution in [3.8, 4) is 0 Å². The molecule has 0 radical (unpaired) electrons. The molecule has 0 amide bonds. The highest BCUT2D eigenvalue weighted by Gasteiger charge is 2.31. The normalized spacial score (nSPS) is 22.3. The van der Waals surface area contributed by atoms with Gasteiger partial charge in [-0.25, -0.2) is 0 Å². The van der Waals surface area contributed by atoms with Gasteiger partial charge in [0.25, 0.3) is 0 Å². The molecule has 0 atom stereocenters. The first kappa shape index (κ1) is 15.4. The van der Waals surface area contributed by atoms with Gasteiger partial charge in [0.15, 0.2) is 0 Å². The largest absolute Gasteiger partial charge is 0.380 e. The van der Waals surface area contributed by atoms with Gasteiger partial charge in [-0.3, -0.25) is 4.68 Å². The number of hydrogen-bond donors (Lipinski definition) is 1. The van der Waals surface area contributed by atoms with Crippen LogP contribution in [0.1, 0.15) is 40.5 Å². The van der Waals surface area contributed by atoms with E-state index in [1.54, 1.807) is 0 Å². The van der Waals surface area contributed by atoms with E-state index in [1.165, 1.54) is 18.5 Å². The zero-order valence-electron chi connectivity index (χ0n) is 13.5. The molecule has 4 nitrogen and oxygen atoms in total. The van der Waals surface area contributed by atoms with E-state index in [4.69, 9.17) is 0 Å². The summed E-state index contributed by atoms with van der Waals surface area (Å²) in [6.45, 7) is 13.3. The summed E-state index contributed by atoms with van der Waals surface area (Å²) in [6.07, 6.45) is 6.72. The molecule has 0 aliphatic heterocycles. The first-order valence-electron chi connectivity index (χ1n) is 8.13. The Labute approximate surface area is 123 Å². The molecule has 1 aromatic rings. The Hall–Kier alpha value is -1.03. The van der Waals surface area contributed by atoms with Crippen molar-refractivity contribution in [2.24, 2.45) is 11.8 Å². The molecule has 1 heterocycles. The van der Waals surface area contributed by atoms with E-state index in [-0.39, 0.29) is 0 Å². The van der Waals surface area contributed by atoms with Gasteiger partial charge in [0.2, 0.25) is 0 Å². The molecule has 0 unspecified atom stereocenters. The minimum absolute atomic E-state index is 0.655. The molecular formula is C16H30N4. The molecule has 1 N–H and O–H groups in total.